The minimum Gasteiger partial charge on any atom is -0.394 e. The summed E-state index contributed by atoms with van der Waals surface area (Å²) in [6.45, 7) is 0. The Morgan fingerprint density at radius 2 is 2.31 bits per heavy atom. The Morgan fingerprint density at radius 3 is 2.69 bits per heavy atom. The smallest absolute Gasteiger partial charge is 0.173 e. The molecule has 13 heavy (non-hydrogen) atoms. The lowest BCUT2D eigenvalue weighted by Gasteiger charge is -2.35. The minimum absolute atomic E-state index is 0.650. The van der Waals surface area contributed by atoms with Gasteiger partial charge in [0.15, 0.2) is 5.82 Å². The van der Waals surface area contributed by atoms with Crippen LogP contribution in [0.25, 0.3) is 0 Å². The average molecular weight is 180 g/mol. The summed E-state index contributed by atoms with van der Waals surface area (Å²) in [6, 6.07) is 0.650. The molecule has 1 heterocycles. The number of hydrogen-bond donors (Lipinski definition) is 1. The highest BCUT2D eigenvalue weighted by Crippen LogP contribution is 2.29. The molecule has 1 aliphatic carbocycles. The van der Waals surface area contributed by atoms with Gasteiger partial charge in [-0.25, -0.2) is 0 Å². The molecule has 0 amide bonds. The summed E-state index contributed by atoms with van der Waals surface area (Å²) in [5.41, 5.74) is 6.61. The summed E-state index contributed by atoms with van der Waals surface area (Å²) in [5, 5.41) is 4.33. The average Bonchev–Trinajstić information content (AvgIpc) is 2.26. The Morgan fingerprint density at radius 1 is 1.62 bits per heavy atom. The van der Waals surface area contributed by atoms with Gasteiger partial charge in [-0.2, -0.15) is 5.10 Å². The molecule has 0 spiro atoms. The molecule has 0 saturated heterocycles. The maximum atomic E-state index is 5.83. The fraction of sp³-hybridized carbons (Fsp3) is 0.667. The van der Waals surface area contributed by atoms with E-state index in [2.05, 4.69) is 17.0 Å². The van der Waals surface area contributed by atoms with E-state index in [1.807, 2.05) is 13.2 Å². The highest BCUT2D eigenvalue weighted by Gasteiger charge is 2.24. The second-order valence-electron chi connectivity index (χ2n) is 3.78. The Hall–Kier alpha value is -1.19. The SMILES string of the molecule is CN(c1nn(C)cc1N)C1CCC1. The summed E-state index contributed by atoms with van der Waals surface area (Å²) < 4.78 is 1.76. The highest BCUT2D eigenvalue weighted by atomic mass is 15.3. The topological polar surface area (TPSA) is 47.1 Å². The molecule has 1 aromatic heterocycles. The van der Waals surface area contributed by atoms with Gasteiger partial charge in [-0.05, 0) is 19.3 Å². The number of nitrogen functional groups attached to an aromatic ring is 1. The summed E-state index contributed by atoms with van der Waals surface area (Å²) >= 11 is 0. The standard InChI is InChI=1S/C9H16N4/c1-12-6-8(10)9(11-12)13(2)7-4-3-5-7/h6-7H,3-5,10H2,1-2H3. The van der Waals surface area contributed by atoms with E-state index in [9.17, 15) is 0 Å². The third-order valence-corrected chi connectivity index (χ3v) is 2.79. The van der Waals surface area contributed by atoms with Gasteiger partial charge in [0.25, 0.3) is 0 Å². The first-order chi connectivity index (χ1) is 6.18. The van der Waals surface area contributed by atoms with Crippen LogP contribution in [-0.4, -0.2) is 22.9 Å². The number of anilines is 2. The number of hydrogen-bond acceptors (Lipinski definition) is 3. The number of aromatic nitrogens is 2. The maximum absolute atomic E-state index is 5.83. The summed E-state index contributed by atoms with van der Waals surface area (Å²) in [7, 11) is 3.97. The summed E-state index contributed by atoms with van der Waals surface area (Å²) in [5.74, 6) is 0.923. The largest absolute Gasteiger partial charge is 0.394 e. The Balaban J connectivity index is 2.18. The van der Waals surface area contributed by atoms with Crippen molar-refractivity contribution in [3.8, 4) is 0 Å². The Labute approximate surface area is 78.3 Å². The fourth-order valence-corrected chi connectivity index (χ4v) is 1.72. The van der Waals surface area contributed by atoms with Crippen LogP contribution in [0.3, 0.4) is 0 Å². The van der Waals surface area contributed by atoms with Gasteiger partial charge in [0.1, 0.15) is 0 Å². The van der Waals surface area contributed by atoms with Crippen LogP contribution in [0.2, 0.25) is 0 Å². The van der Waals surface area contributed by atoms with E-state index in [1.54, 1.807) is 4.68 Å². The zero-order chi connectivity index (χ0) is 9.42. The molecule has 0 bridgehead atoms. The van der Waals surface area contributed by atoms with Crippen molar-refractivity contribution < 1.29 is 0 Å². The van der Waals surface area contributed by atoms with Crippen molar-refractivity contribution in [2.24, 2.45) is 7.05 Å². The van der Waals surface area contributed by atoms with Gasteiger partial charge < -0.3 is 10.6 Å². The lowest BCUT2D eigenvalue weighted by atomic mass is 9.92. The third kappa shape index (κ3) is 1.36. The molecule has 0 aromatic carbocycles. The number of nitrogens with zero attached hydrogens (tertiary/aromatic N) is 3. The number of aryl methyl sites for hydroxylation is 1. The lowest BCUT2D eigenvalue weighted by molar-refractivity contribution is 0.399. The monoisotopic (exact) mass is 180 g/mol. The predicted octanol–water partition coefficient (Wildman–Crippen LogP) is 0.991. The van der Waals surface area contributed by atoms with Crippen molar-refractivity contribution in [2.45, 2.75) is 25.3 Å². The van der Waals surface area contributed by atoms with Gasteiger partial charge in [-0.1, -0.05) is 0 Å². The second kappa shape index (κ2) is 2.94. The second-order valence-corrected chi connectivity index (χ2v) is 3.78. The molecule has 1 aliphatic rings. The highest BCUT2D eigenvalue weighted by molar-refractivity contribution is 5.61. The van der Waals surface area contributed by atoms with Crippen LogP contribution in [0, 0.1) is 0 Å². The van der Waals surface area contributed by atoms with Gasteiger partial charge in [0.05, 0.1) is 5.69 Å². The first-order valence-electron chi connectivity index (χ1n) is 4.70. The molecular weight excluding hydrogens is 164 g/mol. The van der Waals surface area contributed by atoms with Gasteiger partial charge in [0, 0.05) is 26.3 Å². The van der Waals surface area contributed by atoms with Gasteiger partial charge in [0.2, 0.25) is 0 Å². The van der Waals surface area contributed by atoms with E-state index in [1.165, 1.54) is 19.3 Å². The van der Waals surface area contributed by atoms with Gasteiger partial charge in [-0.15, -0.1) is 0 Å². The molecule has 0 aliphatic heterocycles. The van der Waals surface area contributed by atoms with Crippen LogP contribution >= 0.6 is 0 Å². The van der Waals surface area contributed by atoms with Crippen LogP contribution in [-0.2, 0) is 7.05 Å². The van der Waals surface area contributed by atoms with Gasteiger partial charge >= 0.3 is 0 Å². The molecule has 2 rings (SSSR count). The van der Waals surface area contributed by atoms with Gasteiger partial charge in [-0.3, -0.25) is 4.68 Å². The van der Waals surface area contributed by atoms with Crippen LogP contribution in [0.15, 0.2) is 6.20 Å². The zero-order valence-corrected chi connectivity index (χ0v) is 8.20. The lowest BCUT2D eigenvalue weighted by Crippen LogP contribution is -2.37. The third-order valence-electron chi connectivity index (χ3n) is 2.79. The Kier molecular flexibility index (Phi) is 1.90. The minimum atomic E-state index is 0.650. The molecule has 1 aromatic rings. The molecule has 0 atom stereocenters. The first kappa shape index (κ1) is 8.41. The molecular formula is C9H16N4. The molecule has 1 fully saturated rings. The van der Waals surface area contributed by atoms with Crippen molar-refractivity contribution in [3.63, 3.8) is 0 Å². The van der Waals surface area contributed by atoms with Crippen LogP contribution in [0.5, 0.6) is 0 Å². The van der Waals surface area contributed by atoms with Crippen molar-refractivity contribution in [1.82, 2.24) is 9.78 Å². The van der Waals surface area contributed by atoms with Crippen LogP contribution in [0.4, 0.5) is 11.5 Å². The summed E-state index contributed by atoms with van der Waals surface area (Å²) in [4.78, 5) is 2.19. The zero-order valence-electron chi connectivity index (χ0n) is 8.20. The quantitative estimate of drug-likeness (QED) is 0.738. The van der Waals surface area contributed by atoms with Crippen LogP contribution in [0.1, 0.15) is 19.3 Å². The number of rotatable bonds is 2. The molecule has 4 heteroatoms. The molecule has 1 saturated carbocycles. The van der Waals surface area contributed by atoms with E-state index in [4.69, 9.17) is 5.73 Å². The molecule has 2 N–H and O–H groups in total. The molecule has 0 unspecified atom stereocenters. The maximum Gasteiger partial charge on any atom is 0.173 e. The molecule has 4 nitrogen and oxygen atoms in total. The molecule has 72 valence electrons. The fourth-order valence-electron chi connectivity index (χ4n) is 1.72. The van der Waals surface area contributed by atoms with E-state index < -0.39 is 0 Å². The van der Waals surface area contributed by atoms with Crippen molar-refractivity contribution in [3.05, 3.63) is 6.20 Å². The van der Waals surface area contributed by atoms with E-state index in [0.717, 1.165) is 11.5 Å². The Bertz CT molecular complexity index is 301. The van der Waals surface area contributed by atoms with Crippen molar-refractivity contribution in [1.29, 1.82) is 0 Å². The predicted molar refractivity (Wildman–Crippen MR) is 53.7 cm³/mol. The van der Waals surface area contributed by atoms with E-state index >= 15 is 0 Å². The van der Waals surface area contributed by atoms with E-state index in [0.29, 0.717) is 6.04 Å². The molecule has 0 radical (unpaired) electrons. The normalized spacial score (nSPS) is 17.1. The summed E-state index contributed by atoms with van der Waals surface area (Å²) in [6.07, 6.45) is 5.73. The van der Waals surface area contributed by atoms with E-state index in [-0.39, 0.29) is 0 Å². The van der Waals surface area contributed by atoms with Crippen LogP contribution < -0.4 is 10.6 Å². The first-order valence-corrected chi connectivity index (χ1v) is 4.70. The van der Waals surface area contributed by atoms with Crippen molar-refractivity contribution in [2.75, 3.05) is 17.7 Å². The number of nitrogens with two attached hydrogens (primary N) is 1. The van der Waals surface area contributed by atoms with Crippen molar-refractivity contribution >= 4 is 11.5 Å².